The van der Waals surface area contributed by atoms with Gasteiger partial charge in [-0.1, -0.05) is 12.1 Å². The van der Waals surface area contributed by atoms with E-state index in [9.17, 15) is 4.79 Å². The molecule has 0 unspecified atom stereocenters. The minimum atomic E-state index is -0.243. The van der Waals surface area contributed by atoms with Gasteiger partial charge in [0.25, 0.3) is 5.91 Å². The summed E-state index contributed by atoms with van der Waals surface area (Å²) in [5.41, 5.74) is 2.19. The third-order valence-corrected chi connectivity index (χ3v) is 3.93. The fourth-order valence-corrected chi connectivity index (χ4v) is 2.75. The highest BCUT2D eigenvalue weighted by Crippen LogP contribution is 2.22. The lowest BCUT2D eigenvalue weighted by Crippen LogP contribution is -2.10. The van der Waals surface area contributed by atoms with E-state index in [0.29, 0.717) is 22.7 Å². The molecule has 3 rings (SSSR count). The lowest BCUT2D eigenvalue weighted by atomic mass is 10.1. The number of anilines is 1. The van der Waals surface area contributed by atoms with Crippen molar-refractivity contribution < 1.29 is 9.21 Å². The summed E-state index contributed by atoms with van der Waals surface area (Å²) in [5, 5.41) is 12.1. The van der Waals surface area contributed by atoms with Crippen molar-refractivity contribution in [3.8, 4) is 6.07 Å². The van der Waals surface area contributed by atoms with Crippen LogP contribution in [0, 0.1) is 11.3 Å². The van der Waals surface area contributed by atoms with E-state index >= 15 is 0 Å². The molecular formula is C16H11N3O2S. The van der Waals surface area contributed by atoms with Gasteiger partial charge in [-0.25, -0.2) is 4.98 Å². The van der Waals surface area contributed by atoms with E-state index in [1.54, 1.807) is 24.4 Å². The van der Waals surface area contributed by atoms with Crippen LogP contribution in [0.1, 0.15) is 26.4 Å². The molecule has 2 aromatic heterocycles. The van der Waals surface area contributed by atoms with Crippen LogP contribution < -0.4 is 5.32 Å². The molecule has 3 aromatic rings. The minimum Gasteiger partial charge on any atom is -0.472 e. The van der Waals surface area contributed by atoms with Crippen molar-refractivity contribution in [3.05, 3.63) is 70.6 Å². The van der Waals surface area contributed by atoms with Gasteiger partial charge in [-0.3, -0.25) is 10.1 Å². The lowest BCUT2D eigenvalue weighted by molar-refractivity contribution is 0.102. The predicted molar refractivity (Wildman–Crippen MR) is 82.7 cm³/mol. The molecule has 0 fully saturated rings. The number of nitrogens with one attached hydrogen (secondary N) is 1. The van der Waals surface area contributed by atoms with Gasteiger partial charge in [-0.15, -0.1) is 11.3 Å². The molecule has 0 atom stereocenters. The zero-order valence-corrected chi connectivity index (χ0v) is 12.3. The number of nitrogens with zero attached hydrogens (tertiary/aromatic N) is 2. The molecule has 0 aliphatic heterocycles. The number of carbonyl (C=O) groups is 1. The van der Waals surface area contributed by atoms with Crippen LogP contribution in [0.4, 0.5) is 5.13 Å². The maximum Gasteiger partial charge on any atom is 0.260 e. The van der Waals surface area contributed by atoms with E-state index in [-0.39, 0.29) is 5.91 Å². The fraction of sp³-hybridized carbons (Fsp3) is 0.0625. The summed E-state index contributed by atoms with van der Waals surface area (Å²) < 4.78 is 4.88. The fourth-order valence-electron chi connectivity index (χ4n) is 1.91. The zero-order valence-electron chi connectivity index (χ0n) is 11.4. The first kappa shape index (κ1) is 14.0. The van der Waals surface area contributed by atoms with Gasteiger partial charge < -0.3 is 4.42 Å². The first-order valence-corrected chi connectivity index (χ1v) is 7.33. The number of thiazole rings is 1. The van der Waals surface area contributed by atoms with Crippen LogP contribution in [-0.4, -0.2) is 10.9 Å². The van der Waals surface area contributed by atoms with Crippen LogP contribution in [0.25, 0.3) is 0 Å². The number of amides is 1. The van der Waals surface area contributed by atoms with Crippen molar-refractivity contribution >= 4 is 22.4 Å². The summed E-state index contributed by atoms with van der Waals surface area (Å²) in [6, 6.07) is 11.1. The minimum absolute atomic E-state index is 0.243. The van der Waals surface area contributed by atoms with E-state index in [2.05, 4.69) is 16.4 Å². The molecule has 0 aliphatic rings. The quantitative estimate of drug-likeness (QED) is 0.800. The maximum atomic E-state index is 11.9. The highest BCUT2D eigenvalue weighted by Gasteiger charge is 2.10. The van der Waals surface area contributed by atoms with Crippen molar-refractivity contribution in [2.24, 2.45) is 0 Å². The van der Waals surface area contributed by atoms with Crippen LogP contribution in [0.15, 0.2) is 53.5 Å². The Balaban J connectivity index is 1.66. The summed E-state index contributed by atoms with van der Waals surface area (Å²) in [7, 11) is 0. The predicted octanol–water partition coefficient (Wildman–Crippen LogP) is 3.45. The van der Waals surface area contributed by atoms with E-state index in [1.807, 2.05) is 12.1 Å². The van der Waals surface area contributed by atoms with Crippen LogP contribution >= 0.6 is 11.3 Å². The Labute approximate surface area is 130 Å². The molecule has 0 spiro atoms. The van der Waals surface area contributed by atoms with E-state index in [1.165, 1.54) is 23.9 Å². The number of hydrogen-bond acceptors (Lipinski definition) is 5. The van der Waals surface area contributed by atoms with Crippen molar-refractivity contribution in [1.82, 2.24) is 4.98 Å². The second kappa shape index (κ2) is 6.24. The van der Waals surface area contributed by atoms with E-state index < -0.39 is 0 Å². The van der Waals surface area contributed by atoms with Gasteiger partial charge in [-0.2, -0.15) is 5.26 Å². The molecular weight excluding hydrogens is 298 g/mol. The van der Waals surface area contributed by atoms with Gasteiger partial charge in [0.2, 0.25) is 0 Å². The second-order valence-corrected chi connectivity index (χ2v) is 5.70. The SMILES string of the molecule is N#Cc1ccc(Cc2cnc(NC(=O)c3ccoc3)s2)cc1. The third kappa shape index (κ3) is 3.22. The third-order valence-electron chi connectivity index (χ3n) is 3.02. The van der Waals surface area contributed by atoms with Gasteiger partial charge in [0.05, 0.1) is 23.5 Å². The maximum absolute atomic E-state index is 11.9. The number of rotatable bonds is 4. The average molecular weight is 309 g/mol. The molecule has 0 saturated carbocycles. The Morgan fingerprint density at radius 3 is 2.82 bits per heavy atom. The molecule has 2 heterocycles. The Hall–Kier alpha value is -2.91. The zero-order chi connectivity index (χ0) is 15.4. The van der Waals surface area contributed by atoms with Crippen molar-refractivity contribution in [3.63, 3.8) is 0 Å². The Morgan fingerprint density at radius 2 is 2.14 bits per heavy atom. The second-order valence-electron chi connectivity index (χ2n) is 4.58. The largest absolute Gasteiger partial charge is 0.472 e. The summed E-state index contributed by atoms with van der Waals surface area (Å²) in [6.07, 6.45) is 5.30. The van der Waals surface area contributed by atoms with Crippen LogP contribution in [0.2, 0.25) is 0 Å². The van der Waals surface area contributed by atoms with Gasteiger partial charge in [0.15, 0.2) is 5.13 Å². The monoisotopic (exact) mass is 309 g/mol. The number of aromatic nitrogens is 1. The molecule has 1 N–H and O–H groups in total. The highest BCUT2D eigenvalue weighted by molar-refractivity contribution is 7.15. The number of benzene rings is 1. The normalized spacial score (nSPS) is 10.1. The standard InChI is InChI=1S/C16H11N3O2S/c17-8-12-3-1-11(2-4-12)7-14-9-18-16(22-14)19-15(20)13-5-6-21-10-13/h1-6,9-10H,7H2,(H,18,19,20). The first-order valence-electron chi connectivity index (χ1n) is 6.52. The molecule has 6 heteroatoms. The van der Waals surface area contributed by atoms with Gasteiger partial charge in [0.1, 0.15) is 6.26 Å². The number of hydrogen-bond donors (Lipinski definition) is 1. The topological polar surface area (TPSA) is 78.9 Å². The molecule has 0 aliphatic carbocycles. The number of furan rings is 1. The van der Waals surface area contributed by atoms with Crippen molar-refractivity contribution in [2.75, 3.05) is 5.32 Å². The smallest absolute Gasteiger partial charge is 0.260 e. The Kier molecular flexibility index (Phi) is 3.99. The highest BCUT2D eigenvalue weighted by atomic mass is 32.1. The Morgan fingerprint density at radius 1 is 1.32 bits per heavy atom. The molecule has 1 amide bonds. The Bertz CT molecular complexity index is 814. The molecule has 0 radical (unpaired) electrons. The average Bonchev–Trinajstić information content (AvgIpc) is 3.20. The lowest BCUT2D eigenvalue weighted by Gasteiger charge is -1.98. The summed E-state index contributed by atoms with van der Waals surface area (Å²) >= 11 is 1.42. The summed E-state index contributed by atoms with van der Waals surface area (Å²) in [5.74, 6) is -0.243. The molecule has 1 aromatic carbocycles. The van der Waals surface area contributed by atoms with E-state index in [4.69, 9.17) is 9.68 Å². The molecule has 0 bridgehead atoms. The van der Waals surface area contributed by atoms with Crippen LogP contribution in [0.5, 0.6) is 0 Å². The molecule has 108 valence electrons. The van der Waals surface area contributed by atoms with Crippen LogP contribution in [-0.2, 0) is 6.42 Å². The van der Waals surface area contributed by atoms with Gasteiger partial charge in [-0.05, 0) is 23.8 Å². The molecule has 22 heavy (non-hydrogen) atoms. The van der Waals surface area contributed by atoms with Crippen molar-refractivity contribution in [1.29, 1.82) is 5.26 Å². The first-order chi connectivity index (χ1) is 10.7. The van der Waals surface area contributed by atoms with Crippen molar-refractivity contribution in [2.45, 2.75) is 6.42 Å². The van der Waals surface area contributed by atoms with Crippen LogP contribution in [0.3, 0.4) is 0 Å². The summed E-state index contributed by atoms with van der Waals surface area (Å²) in [4.78, 5) is 17.1. The molecule has 5 nitrogen and oxygen atoms in total. The number of nitriles is 1. The number of carbonyl (C=O) groups excluding carboxylic acids is 1. The summed E-state index contributed by atoms with van der Waals surface area (Å²) in [6.45, 7) is 0. The van der Waals surface area contributed by atoms with E-state index in [0.717, 1.165) is 10.4 Å². The van der Waals surface area contributed by atoms with Gasteiger partial charge in [0, 0.05) is 17.5 Å². The molecule has 0 saturated heterocycles. The van der Waals surface area contributed by atoms with Gasteiger partial charge >= 0.3 is 0 Å².